The first-order valence-corrected chi connectivity index (χ1v) is 11.0. The Morgan fingerprint density at radius 2 is 1.91 bits per heavy atom. The second kappa shape index (κ2) is 13.1. The number of nitrogens with two attached hydrogens (primary N) is 1. The number of rotatable bonds is 13. The second-order valence-corrected chi connectivity index (χ2v) is 7.94. The molecule has 1 aromatic carbocycles. The summed E-state index contributed by atoms with van der Waals surface area (Å²) in [4.78, 5) is 52.1. The number of nitro groups is 1. The molecule has 1 aliphatic rings. The Kier molecular flexibility index (Phi) is 10.2. The van der Waals surface area contributed by atoms with E-state index in [0.717, 1.165) is 5.56 Å². The van der Waals surface area contributed by atoms with Crippen LogP contribution in [0.5, 0.6) is 0 Å². The first-order valence-electron chi connectivity index (χ1n) is 11.0. The molecule has 1 aliphatic heterocycles. The lowest BCUT2D eigenvalue weighted by Crippen LogP contribution is -2.54. The average molecular weight is 479 g/mol. The number of aliphatic carboxylic acids is 2. The van der Waals surface area contributed by atoms with Crippen LogP contribution in [0.25, 0.3) is 0 Å². The van der Waals surface area contributed by atoms with Crippen molar-refractivity contribution in [3.8, 4) is 0 Å². The third kappa shape index (κ3) is 8.31. The third-order valence-electron chi connectivity index (χ3n) is 5.52. The lowest BCUT2D eigenvalue weighted by Gasteiger charge is -2.29. The summed E-state index contributed by atoms with van der Waals surface area (Å²) in [6, 6.07) is 6.36. The molecular weight excluding hydrogens is 448 g/mol. The number of hydrazine groups is 1. The highest BCUT2D eigenvalue weighted by molar-refractivity contribution is 5.88. The van der Waals surface area contributed by atoms with Gasteiger partial charge in [-0.15, -0.1) is 0 Å². The number of nitrogens with one attached hydrogen (secondary N) is 2. The lowest BCUT2D eigenvalue weighted by molar-refractivity contribution is -0.525. The summed E-state index contributed by atoms with van der Waals surface area (Å²) in [5.41, 5.74) is 8.04. The summed E-state index contributed by atoms with van der Waals surface area (Å²) in [6.07, 6.45) is 1.98. The number of amides is 1. The van der Waals surface area contributed by atoms with Crippen molar-refractivity contribution in [2.75, 3.05) is 13.1 Å². The van der Waals surface area contributed by atoms with Crippen LogP contribution in [0.1, 0.15) is 37.7 Å². The van der Waals surface area contributed by atoms with E-state index in [4.69, 9.17) is 5.73 Å². The Hall–Kier alpha value is -3.74. The first-order chi connectivity index (χ1) is 16.2. The molecule has 34 heavy (non-hydrogen) atoms. The number of guanidine groups is 1. The Morgan fingerprint density at radius 3 is 2.53 bits per heavy atom. The van der Waals surface area contributed by atoms with Crippen LogP contribution in [0.3, 0.4) is 0 Å². The third-order valence-corrected chi connectivity index (χ3v) is 5.52. The van der Waals surface area contributed by atoms with E-state index in [1.807, 2.05) is 30.3 Å². The van der Waals surface area contributed by atoms with Crippen molar-refractivity contribution < 1.29 is 29.6 Å². The fourth-order valence-electron chi connectivity index (χ4n) is 3.87. The summed E-state index contributed by atoms with van der Waals surface area (Å²) in [5, 5.41) is 31.6. The summed E-state index contributed by atoms with van der Waals surface area (Å²) in [7, 11) is 0. The predicted molar refractivity (Wildman–Crippen MR) is 121 cm³/mol. The van der Waals surface area contributed by atoms with E-state index in [0.29, 0.717) is 19.3 Å². The van der Waals surface area contributed by atoms with Crippen molar-refractivity contribution >= 4 is 23.8 Å². The average Bonchev–Trinajstić information content (AvgIpc) is 3.28. The van der Waals surface area contributed by atoms with Crippen molar-refractivity contribution in [2.45, 2.75) is 56.7 Å². The minimum absolute atomic E-state index is 0.0578. The normalized spacial score (nSPS) is 17.7. The van der Waals surface area contributed by atoms with Crippen LogP contribution in [0.2, 0.25) is 0 Å². The van der Waals surface area contributed by atoms with Gasteiger partial charge in [-0.2, -0.15) is 0 Å². The summed E-state index contributed by atoms with van der Waals surface area (Å²) < 4.78 is 0. The number of nitrogens with zero attached hydrogens (tertiary/aromatic N) is 3. The van der Waals surface area contributed by atoms with Crippen molar-refractivity contribution in [2.24, 2.45) is 10.7 Å². The maximum atomic E-state index is 13.2. The number of carbonyl (C=O) groups is 3. The number of carboxylic acids is 2. The van der Waals surface area contributed by atoms with Crippen LogP contribution in [0, 0.1) is 10.1 Å². The smallest absolute Gasteiger partial charge is 0.326 e. The molecule has 2 rings (SSSR count). The Labute approximate surface area is 196 Å². The molecule has 13 heteroatoms. The quantitative estimate of drug-likeness (QED) is 0.0843. The van der Waals surface area contributed by atoms with Gasteiger partial charge in [-0.3, -0.25) is 14.9 Å². The van der Waals surface area contributed by atoms with Gasteiger partial charge in [-0.05, 0) is 44.1 Å². The summed E-state index contributed by atoms with van der Waals surface area (Å²) in [5.74, 6) is -3.11. The molecule has 3 atom stereocenters. The molecule has 0 bridgehead atoms. The standard InChI is InChI=1S/C21H30N6O7/c22-21(25-27(33)34)23-12-4-8-15(18(28)26-13-5-9-17(26)20(31)32)24-16(19(29)30)11-10-14-6-2-1-3-7-14/h1-3,6-7,15-17,24H,4-5,8-13H2,(H,29,30)(H,31,32)(H3,22,23,25)/t15-,16-,17-/m0/s1. The number of hydrogen-bond acceptors (Lipinski definition) is 7. The molecule has 0 radical (unpaired) electrons. The number of carbonyl (C=O) groups excluding carboxylic acids is 1. The molecule has 1 heterocycles. The first kappa shape index (κ1) is 26.5. The minimum Gasteiger partial charge on any atom is -0.480 e. The van der Waals surface area contributed by atoms with Gasteiger partial charge in [0.1, 0.15) is 12.1 Å². The maximum Gasteiger partial charge on any atom is 0.326 e. The van der Waals surface area contributed by atoms with E-state index in [-0.39, 0.29) is 32.4 Å². The van der Waals surface area contributed by atoms with Crippen LogP contribution in [0.15, 0.2) is 35.3 Å². The minimum atomic E-state index is -1.12. The highest BCUT2D eigenvalue weighted by Gasteiger charge is 2.38. The molecule has 186 valence electrons. The number of benzene rings is 1. The largest absolute Gasteiger partial charge is 0.480 e. The Bertz CT molecular complexity index is 895. The zero-order valence-corrected chi connectivity index (χ0v) is 18.6. The molecule has 0 saturated carbocycles. The lowest BCUT2D eigenvalue weighted by atomic mass is 10.0. The van der Waals surface area contributed by atoms with Crippen LogP contribution in [0.4, 0.5) is 0 Å². The Balaban J connectivity index is 2.10. The zero-order valence-electron chi connectivity index (χ0n) is 18.6. The second-order valence-electron chi connectivity index (χ2n) is 7.94. The topological polar surface area (TPSA) is 200 Å². The zero-order chi connectivity index (χ0) is 25.1. The van der Waals surface area contributed by atoms with Crippen LogP contribution in [-0.4, -0.2) is 75.2 Å². The summed E-state index contributed by atoms with van der Waals surface area (Å²) in [6.45, 7) is 0.329. The van der Waals surface area contributed by atoms with Crippen LogP contribution >= 0.6 is 0 Å². The van der Waals surface area contributed by atoms with Gasteiger partial charge in [0.25, 0.3) is 5.96 Å². The summed E-state index contributed by atoms with van der Waals surface area (Å²) >= 11 is 0. The van der Waals surface area contributed by atoms with E-state index >= 15 is 0 Å². The number of likely N-dealkylation sites (tertiary alicyclic amines) is 1. The molecule has 1 amide bonds. The van der Waals surface area contributed by atoms with Gasteiger partial charge >= 0.3 is 11.9 Å². The number of hydrogen-bond donors (Lipinski definition) is 5. The van der Waals surface area contributed by atoms with Gasteiger partial charge in [0.15, 0.2) is 5.03 Å². The predicted octanol–water partition coefficient (Wildman–Crippen LogP) is -0.0176. The van der Waals surface area contributed by atoms with E-state index in [1.165, 1.54) is 4.90 Å². The van der Waals surface area contributed by atoms with E-state index in [2.05, 4.69) is 10.3 Å². The molecule has 0 aliphatic carbocycles. The van der Waals surface area contributed by atoms with Crippen LogP contribution in [-0.2, 0) is 20.8 Å². The monoisotopic (exact) mass is 478 g/mol. The van der Waals surface area contributed by atoms with Crippen molar-refractivity contribution in [3.05, 3.63) is 46.0 Å². The van der Waals surface area contributed by atoms with Gasteiger partial charge in [-0.1, -0.05) is 35.8 Å². The van der Waals surface area contributed by atoms with Crippen molar-refractivity contribution in [1.82, 2.24) is 15.6 Å². The van der Waals surface area contributed by atoms with Gasteiger partial charge in [0.05, 0.1) is 6.04 Å². The Morgan fingerprint density at radius 1 is 1.21 bits per heavy atom. The SMILES string of the molecule is NC(=NCCC[C@H](N[C@@H](CCc1ccccc1)C(=O)O)C(=O)N1CCC[C@H]1C(=O)O)N[N+](=O)[O-]. The van der Waals surface area contributed by atoms with Gasteiger partial charge < -0.3 is 20.8 Å². The number of carboxylic acid groups (broad SMARTS) is 2. The van der Waals surface area contributed by atoms with E-state index in [9.17, 15) is 34.7 Å². The van der Waals surface area contributed by atoms with Crippen molar-refractivity contribution in [1.29, 1.82) is 0 Å². The highest BCUT2D eigenvalue weighted by atomic mass is 16.7. The van der Waals surface area contributed by atoms with E-state index in [1.54, 1.807) is 5.43 Å². The molecule has 1 fully saturated rings. The fraction of sp³-hybridized carbons (Fsp3) is 0.524. The molecule has 1 saturated heterocycles. The van der Waals surface area contributed by atoms with Gasteiger partial charge in [0, 0.05) is 13.1 Å². The van der Waals surface area contributed by atoms with Crippen LogP contribution < -0.4 is 16.5 Å². The maximum absolute atomic E-state index is 13.2. The molecule has 1 aromatic rings. The molecule has 6 N–H and O–H groups in total. The molecule has 0 unspecified atom stereocenters. The molecular formula is C21H30N6O7. The number of aryl methyl sites for hydroxylation is 1. The fourth-order valence-corrected chi connectivity index (χ4v) is 3.87. The molecule has 0 aromatic heterocycles. The molecule has 0 spiro atoms. The number of aliphatic imine (C=N–C) groups is 1. The van der Waals surface area contributed by atoms with Gasteiger partial charge in [-0.25, -0.2) is 19.9 Å². The highest BCUT2D eigenvalue weighted by Crippen LogP contribution is 2.20. The van der Waals surface area contributed by atoms with Gasteiger partial charge in [0.2, 0.25) is 5.91 Å². The van der Waals surface area contributed by atoms with E-state index < -0.39 is 47.0 Å². The van der Waals surface area contributed by atoms with Crippen molar-refractivity contribution in [3.63, 3.8) is 0 Å². The molecule has 13 nitrogen and oxygen atoms in total.